The van der Waals surface area contributed by atoms with E-state index in [2.05, 4.69) is 39.6 Å². The lowest BCUT2D eigenvalue weighted by Crippen LogP contribution is -2.43. The number of aromatic nitrogens is 3. The maximum absolute atomic E-state index is 5.80. The van der Waals surface area contributed by atoms with Crippen molar-refractivity contribution < 1.29 is 4.74 Å². The molecule has 3 heterocycles. The van der Waals surface area contributed by atoms with Crippen molar-refractivity contribution in [3.05, 3.63) is 42.4 Å². The van der Waals surface area contributed by atoms with Gasteiger partial charge < -0.3 is 4.74 Å². The van der Waals surface area contributed by atoms with Gasteiger partial charge in [-0.05, 0) is 26.0 Å². The Balaban J connectivity index is 1.72. The van der Waals surface area contributed by atoms with Crippen molar-refractivity contribution >= 4 is 0 Å². The third-order valence-electron chi connectivity index (χ3n) is 3.70. The Morgan fingerprint density at radius 1 is 1.30 bits per heavy atom. The molecule has 3 rings (SSSR count). The molecule has 5 heteroatoms. The van der Waals surface area contributed by atoms with Gasteiger partial charge in [0.25, 0.3) is 0 Å². The number of hydrogen-bond donors (Lipinski definition) is 0. The molecule has 0 saturated carbocycles. The molecule has 0 amide bonds. The topological polar surface area (TPSA) is 43.2 Å². The van der Waals surface area contributed by atoms with Crippen LogP contribution in [-0.4, -0.2) is 38.9 Å². The van der Waals surface area contributed by atoms with Crippen molar-refractivity contribution in [2.24, 2.45) is 0 Å². The second-order valence-corrected chi connectivity index (χ2v) is 5.42. The van der Waals surface area contributed by atoms with Crippen LogP contribution >= 0.6 is 0 Å². The van der Waals surface area contributed by atoms with Crippen LogP contribution in [-0.2, 0) is 6.54 Å². The lowest BCUT2D eigenvalue weighted by molar-refractivity contribution is 0.107. The smallest absolute Gasteiger partial charge is 0.213 e. The van der Waals surface area contributed by atoms with Crippen molar-refractivity contribution in [2.75, 3.05) is 13.2 Å². The van der Waals surface area contributed by atoms with Crippen LogP contribution in [0.3, 0.4) is 0 Å². The molecule has 2 aromatic heterocycles. The highest BCUT2D eigenvalue weighted by atomic mass is 16.5. The van der Waals surface area contributed by atoms with Gasteiger partial charge in [-0.1, -0.05) is 6.07 Å². The van der Waals surface area contributed by atoms with Crippen LogP contribution in [0.5, 0.6) is 5.88 Å². The minimum Gasteiger partial charge on any atom is -0.475 e. The quantitative estimate of drug-likeness (QED) is 0.855. The molecule has 20 heavy (non-hydrogen) atoms. The molecule has 0 radical (unpaired) electrons. The van der Waals surface area contributed by atoms with Crippen LogP contribution in [0.15, 0.2) is 36.7 Å². The number of fused-ring (bicyclic) bond motifs is 1. The summed E-state index contributed by atoms with van der Waals surface area (Å²) in [6.07, 6.45) is 3.61. The van der Waals surface area contributed by atoms with E-state index in [1.165, 1.54) is 5.69 Å². The molecule has 0 N–H and O–H groups in total. The highest BCUT2D eigenvalue weighted by molar-refractivity contribution is 5.10. The summed E-state index contributed by atoms with van der Waals surface area (Å²) in [7, 11) is 0. The van der Waals surface area contributed by atoms with Crippen LogP contribution in [0.2, 0.25) is 0 Å². The molecule has 0 bridgehead atoms. The molecule has 0 fully saturated rings. The van der Waals surface area contributed by atoms with Gasteiger partial charge in [0.2, 0.25) is 5.88 Å². The summed E-state index contributed by atoms with van der Waals surface area (Å²) in [6.45, 7) is 6.96. The maximum atomic E-state index is 5.80. The molecular formula is C15H20N4O. The zero-order valence-corrected chi connectivity index (χ0v) is 11.9. The minimum atomic E-state index is 0.234. The summed E-state index contributed by atoms with van der Waals surface area (Å²) < 4.78 is 7.89. The molecule has 1 aliphatic rings. The summed E-state index contributed by atoms with van der Waals surface area (Å²) in [6, 6.07) is 8.55. The van der Waals surface area contributed by atoms with Crippen LogP contribution in [0.4, 0.5) is 0 Å². The van der Waals surface area contributed by atoms with Gasteiger partial charge in [-0.25, -0.2) is 4.98 Å². The van der Waals surface area contributed by atoms with Gasteiger partial charge in [-0.15, -0.1) is 0 Å². The van der Waals surface area contributed by atoms with Gasteiger partial charge >= 0.3 is 0 Å². The summed E-state index contributed by atoms with van der Waals surface area (Å²) in [5.74, 6) is 0.669. The highest BCUT2D eigenvalue weighted by Gasteiger charge is 2.27. The van der Waals surface area contributed by atoms with Gasteiger partial charge in [-0.2, -0.15) is 5.10 Å². The Kier molecular flexibility index (Phi) is 3.69. The van der Waals surface area contributed by atoms with Crippen molar-refractivity contribution in [2.45, 2.75) is 32.5 Å². The molecule has 5 nitrogen and oxygen atoms in total. The fourth-order valence-electron chi connectivity index (χ4n) is 2.55. The fraction of sp³-hybridized carbons (Fsp3) is 0.467. The Labute approximate surface area is 119 Å². The van der Waals surface area contributed by atoms with E-state index < -0.39 is 0 Å². The van der Waals surface area contributed by atoms with E-state index in [1.807, 2.05) is 24.4 Å². The van der Waals surface area contributed by atoms with E-state index in [-0.39, 0.29) is 6.04 Å². The molecule has 1 aliphatic heterocycles. The van der Waals surface area contributed by atoms with E-state index in [1.54, 1.807) is 6.20 Å². The highest BCUT2D eigenvalue weighted by Crippen LogP contribution is 2.22. The van der Waals surface area contributed by atoms with E-state index in [0.29, 0.717) is 18.5 Å². The number of hydrogen-bond acceptors (Lipinski definition) is 4. The van der Waals surface area contributed by atoms with E-state index in [0.717, 1.165) is 13.1 Å². The van der Waals surface area contributed by atoms with Gasteiger partial charge in [0.1, 0.15) is 6.61 Å². The Morgan fingerprint density at radius 3 is 2.95 bits per heavy atom. The van der Waals surface area contributed by atoms with Crippen LogP contribution in [0.25, 0.3) is 0 Å². The van der Waals surface area contributed by atoms with Crippen molar-refractivity contribution in [3.63, 3.8) is 0 Å². The number of ether oxygens (including phenoxy) is 1. The second-order valence-electron chi connectivity index (χ2n) is 5.42. The first-order valence-electron chi connectivity index (χ1n) is 7.04. The predicted octanol–water partition coefficient (Wildman–Crippen LogP) is 2.12. The summed E-state index contributed by atoms with van der Waals surface area (Å²) in [5.41, 5.74) is 1.25. The Morgan fingerprint density at radius 2 is 2.20 bits per heavy atom. The molecule has 0 aliphatic carbocycles. The zero-order chi connectivity index (χ0) is 13.9. The molecule has 0 saturated heterocycles. The lowest BCUT2D eigenvalue weighted by atomic mass is 10.1. The standard InChI is InChI=1S/C15H20N4O/c1-12(2)18-9-13-6-8-17-19(13)14(10-18)11-20-15-5-3-4-7-16-15/h3-8,12,14H,9-11H2,1-2H3. The summed E-state index contributed by atoms with van der Waals surface area (Å²) in [4.78, 5) is 6.64. The third kappa shape index (κ3) is 2.67. The zero-order valence-electron chi connectivity index (χ0n) is 11.9. The second kappa shape index (κ2) is 5.63. The number of nitrogens with zero attached hydrogens (tertiary/aromatic N) is 4. The fourth-order valence-corrected chi connectivity index (χ4v) is 2.55. The SMILES string of the molecule is CC(C)N1Cc2ccnn2C(COc2ccccn2)C1. The van der Waals surface area contributed by atoms with Gasteiger partial charge in [0.05, 0.1) is 11.7 Å². The summed E-state index contributed by atoms with van der Waals surface area (Å²) >= 11 is 0. The first-order chi connectivity index (χ1) is 9.74. The van der Waals surface area contributed by atoms with Crippen LogP contribution in [0, 0.1) is 0 Å². The van der Waals surface area contributed by atoms with Gasteiger partial charge in [-0.3, -0.25) is 9.58 Å². The van der Waals surface area contributed by atoms with Crippen LogP contribution in [0.1, 0.15) is 25.6 Å². The normalized spacial score (nSPS) is 19.1. The van der Waals surface area contributed by atoms with Crippen molar-refractivity contribution in [1.29, 1.82) is 0 Å². The molecule has 106 valence electrons. The maximum Gasteiger partial charge on any atom is 0.213 e. The molecule has 0 aromatic carbocycles. The molecule has 0 spiro atoms. The average Bonchev–Trinajstić information content (AvgIpc) is 2.94. The van der Waals surface area contributed by atoms with Crippen LogP contribution < -0.4 is 4.74 Å². The lowest BCUT2D eigenvalue weighted by Gasteiger charge is -2.36. The van der Waals surface area contributed by atoms with E-state index in [4.69, 9.17) is 4.74 Å². The first-order valence-corrected chi connectivity index (χ1v) is 7.04. The molecule has 1 atom stereocenters. The average molecular weight is 272 g/mol. The molecular weight excluding hydrogens is 252 g/mol. The third-order valence-corrected chi connectivity index (χ3v) is 3.70. The van der Waals surface area contributed by atoms with Crippen molar-refractivity contribution in [3.8, 4) is 5.88 Å². The number of pyridine rings is 1. The number of rotatable bonds is 4. The minimum absolute atomic E-state index is 0.234. The summed E-state index contributed by atoms with van der Waals surface area (Å²) in [5, 5.41) is 4.43. The Bertz CT molecular complexity index is 552. The molecule has 1 unspecified atom stereocenters. The van der Waals surface area contributed by atoms with E-state index >= 15 is 0 Å². The molecule has 2 aromatic rings. The Hall–Kier alpha value is -1.88. The van der Waals surface area contributed by atoms with E-state index in [9.17, 15) is 0 Å². The van der Waals surface area contributed by atoms with Crippen molar-refractivity contribution in [1.82, 2.24) is 19.7 Å². The first kappa shape index (κ1) is 13.1. The van der Waals surface area contributed by atoms with Gasteiger partial charge in [0, 0.05) is 37.6 Å². The largest absolute Gasteiger partial charge is 0.475 e. The monoisotopic (exact) mass is 272 g/mol. The predicted molar refractivity (Wildman–Crippen MR) is 76.5 cm³/mol. The van der Waals surface area contributed by atoms with Gasteiger partial charge in [0.15, 0.2) is 0 Å².